The zero-order valence-corrected chi connectivity index (χ0v) is 12.4. The molecule has 0 unspecified atom stereocenters. The van der Waals surface area contributed by atoms with Crippen molar-refractivity contribution >= 4 is 33.7 Å². The number of aryl methyl sites for hydroxylation is 1. The Balaban J connectivity index is 1.77. The fourth-order valence-electron chi connectivity index (χ4n) is 1.81. The molecule has 1 amide bonds. The van der Waals surface area contributed by atoms with Crippen molar-refractivity contribution in [3.05, 3.63) is 40.8 Å². The minimum Gasteiger partial charge on any atom is -0.296 e. The first-order valence-electron chi connectivity index (χ1n) is 6.10. The Morgan fingerprint density at radius 3 is 3.05 bits per heavy atom. The van der Waals surface area contributed by atoms with E-state index in [-0.39, 0.29) is 5.91 Å². The second-order valence-corrected chi connectivity index (χ2v) is 5.81. The lowest BCUT2D eigenvalue weighted by atomic mass is 10.4. The van der Waals surface area contributed by atoms with Gasteiger partial charge in [-0.25, -0.2) is 4.98 Å². The number of thiazole rings is 1. The summed E-state index contributed by atoms with van der Waals surface area (Å²) >= 11 is 3.05. The molecular weight excluding hydrogens is 292 g/mol. The van der Waals surface area contributed by atoms with Gasteiger partial charge in [-0.3, -0.25) is 14.8 Å². The molecule has 0 aliphatic rings. The molecule has 1 N–H and O–H groups in total. The normalized spacial score (nSPS) is 10.7. The van der Waals surface area contributed by atoms with Crippen molar-refractivity contribution in [2.75, 3.05) is 5.32 Å². The summed E-state index contributed by atoms with van der Waals surface area (Å²) in [5, 5.41) is 11.4. The minimum absolute atomic E-state index is 0.184. The van der Waals surface area contributed by atoms with Crippen molar-refractivity contribution < 1.29 is 4.79 Å². The first-order chi connectivity index (χ1) is 9.78. The second-order valence-electron chi connectivity index (χ2n) is 4.00. The van der Waals surface area contributed by atoms with Gasteiger partial charge in [0.2, 0.25) is 0 Å². The molecule has 20 heavy (non-hydrogen) atoms. The third-order valence-corrected chi connectivity index (χ3v) is 4.40. The fraction of sp³-hybridized carbons (Fsp3) is 0.154. The van der Waals surface area contributed by atoms with Crippen LogP contribution in [0.3, 0.4) is 0 Å². The van der Waals surface area contributed by atoms with Crippen molar-refractivity contribution in [1.82, 2.24) is 14.8 Å². The van der Waals surface area contributed by atoms with E-state index in [1.807, 2.05) is 29.8 Å². The third kappa shape index (κ3) is 2.50. The zero-order valence-electron chi connectivity index (χ0n) is 10.7. The van der Waals surface area contributed by atoms with Crippen LogP contribution in [0.5, 0.6) is 0 Å². The molecular formula is C13H12N4OS2. The smallest absolute Gasteiger partial charge is 0.275 e. The monoisotopic (exact) mass is 304 g/mol. The highest BCUT2D eigenvalue weighted by atomic mass is 32.1. The Labute approximate surface area is 123 Å². The van der Waals surface area contributed by atoms with E-state index in [2.05, 4.69) is 15.4 Å². The lowest BCUT2D eigenvalue weighted by molar-refractivity contribution is 0.101. The highest BCUT2D eigenvalue weighted by Crippen LogP contribution is 2.28. The molecule has 0 radical (unpaired) electrons. The predicted octanol–water partition coefficient (Wildman–Crippen LogP) is 3.34. The lowest BCUT2D eigenvalue weighted by Crippen LogP contribution is -2.17. The summed E-state index contributed by atoms with van der Waals surface area (Å²) in [7, 11) is 0. The predicted molar refractivity (Wildman–Crippen MR) is 81.3 cm³/mol. The van der Waals surface area contributed by atoms with Gasteiger partial charge in [-0.15, -0.1) is 22.7 Å². The molecule has 3 aromatic rings. The maximum atomic E-state index is 12.1. The molecule has 0 aliphatic heterocycles. The van der Waals surface area contributed by atoms with Gasteiger partial charge < -0.3 is 0 Å². The first-order valence-corrected chi connectivity index (χ1v) is 7.86. The van der Waals surface area contributed by atoms with Gasteiger partial charge in [0.1, 0.15) is 5.69 Å². The Hall–Kier alpha value is -1.99. The van der Waals surface area contributed by atoms with Crippen molar-refractivity contribution in [3.8, 4) is 10.6 Å². The van der Waals surface area contributed by atoms with Crippen molar-refractivity contribution in [2.45, 2.75) is 13.5 Å². The summed E-state index contributed by atoms with van der Waals surface area (Å²) in [6, 6.07) is 5.70. The van der Waals surface area contributed by atoms with Gasteiger partial charge in [-0.2, -0.15) is 5.10 Å². The Morgan fingerprint density at radius 1 is 1.40 bits per heavy atom. The molecule has 102 valence electrons. The van der Waals surface area contributed by atoms with Gasteiger partial charge in [0.15, 0.2) is 5.13 Å². The van der Waals surface area contributed by atoms with E-state index in [0.29, 0.717) is 17.4 Å². The Morgan fingerprint density at radius 2 is 2.30 bits per heavy atom. The molecule has 0 aliphatic carbocycles. The molecule has 0 saturated heterocycles. The second kappa shape index (κ2) is 5.56. The highest BCUT2D eigenvalue weighted by Gasteiger charge is 2.13. The molecule has 5 nitrogen and oxygen atoms in total. The summed E-state index contributed by atoms with van der Waals surface area (Å²) in [5.41, 5.74) is 1.43. The van der Waals surface area contributed by atoms with Crippen LogP contribution in [0, 0.1) is 0 Å². The van der Waals surface area contributed by atoms with Gasteiger partial charge in [0, 0.05) is 18.1 Å². The molecule has 7 heteroatoms. The van der Waals surface area contributed by atoms with Crippen LogP contribution in [-0.2, 0) is 6.54 Å². The lowest BCUT2D eigenvalue weighted by Gasteiger charge is -2.03. The first kappa shape index (κ1) is 13.0. The molecule has 0 aromatic carbocycles. The third-order valence-electron chi connectivity index (χ3n) is 2.75. The zero-order chi connectivity index (χ0) is 13.9. The van der Waals surface area contributed by atoms with Crippen LogP contribution in [0.25, 0.3) is 10.6 Å². The minimum atomic E-state index is -0.184. The van der Waals surface area contributed by atoms with Gasteiger partial charge >= 0.3 is 0 Å². The summed E-state index contributed by atoms with van der Waals surface area (Å²) in [5.74, 6) is -0.184. The van der Waals surface area contributed by atoms with Crippen LogP contribution in [-0.4, -0.2) is 20.7 Å². The average Bonchev–Trinajstić information content (AvgIpc) is 3.19. The van der Waals surface area contributed by atoms with Gasteiger partial charge in [0.05, 0.1) is 10.6 Å². The van der Waals surface area contributed by atoms with E-state index >= 15 is 0 Å². The number of amides is 1. The number of carbonyl (C=O) groups excluding carboxylic acids is 1. The number of nitrogens with zero attached hydrogens (tertiary/aromatic N) is 3. The van der Waals surface area contributed by atoms with Crippen LogP contribution in [0.1, 0.15) is 17.4 Å². The van der Waals surface area contributed by atoms with Crippen molar-refractivity contribution in [2.24, 2.45) is 0 Å². The van der Waals surface area contributed by atoms with Crippen LogP contribution >= 0.6 is 22.7 Å². The van der Waals surface area contributed by atoms with E-state index in [1.54, 1.807) is 28.3 Å². The van der Waals surface area contributed by atoms with Crippen molar-refractivity contribution in [1.29, 1.82) is 0 Å². The van der Waals surface area contributed by atoms with Crippen LogP contribution in [0.15, 0.2) is 35.2 Å². The van der Waals surface area contributed by atoms with Crippen LogP contribution < -0.4 is 5.32 Å². The average molecular weight is 304 g/mol. The molecule has 0 spiro atoms. The maximum absolute atomic E-state index is 12.1. The molecule has 3 rings (SSSR count). The number of hydrogen-bond acceptors (Lipinski definition) is 5. The number of hydrogen-bond donors (Lipinski definition) is 1. The van der Waals surface area contributed by atoms with Gasteiger partial charge in [0.25, 0.3) is 5.91 Å². The van der Waals surface area contributed by atoms with Gasteiger partial charge in [-0.1, -0.05) is 6.07 Å². The largest absolute Gasteiger partial charge is 0.296 e. The number of nitrogens with one attached hydrogen (secondary N) is 1. The Kier molecular flexibility index (Phi) is 3.62. The van der Waals surface area contributed by atoms with E-state index < -0.39 is 0 Å². The summed E-state index contributed by atoms with van der Waals surface area (Å²) < 4.78 is 1.66. The number of aromatic nitrogens is 3. The molecule has 0 saturated carbocycles. The standard InChI is InChI=1S/C13H12N4OS2/c1-2-17-10(5-6-14-17)12(18)16-13-15-9(8-20-13)11-4-3-7-19-11/h3-8H,2H2,1H3,(H,15,16,18). The number of anilines is 1. The Bertz CT molecular complexity index is 714. The van der Waals surface area contributed by atoms with Crippen LogP contribution in [0.4, 0.5) is 5.13 Å². The SMILES string of the molecule is CCn1nccc1C(=O)Nc1nc(-c2cccs2)cs1. The highest BCUT2D eigenvalue weighted by molar-refractivity contribution is 7.16. The summed E-state index contributed by atoms with van der Waals surface area (Å²) in [6.07, 6.45) is 1.62. The van der Waals surface area contributed by atoms with E-state index in [9.17, 15) is 4.79 Å². The van der Waals surface area contributed by atoms with E-state index in [1.165, 1.54) is 11.3 Å². The summed E-state index contributed by atoms with van der Waals surface area (Å²) in [4.78, 5) is 17.7. The molecule has 3 aromatic heterocycles. The van der Waals surface area contributed by atoms with E-state index in [4.69, 9.17) is 0 Å². The molecule has 3 heterocycles. The summed E-state index contributed by atoms with van der Waals surface area (Å²) in [6.45, 7) is 2.61. The quantitative estimate of drug-likeness (QED) is 0.804. The number of carbonyl (C=O) groups is 1. The molecule has 0 fully saturated rings. The van der Waals surface area contributed by atoms with E-state index in [0.717, 1.165) is 10.6 Å². The fourth-order valence-corrected chi connectivity index (χ4v) is 3.27. The molecule has 0 bridgehead atoms. The number of thiophene rings is 1. The topological polar surface area (TPSA) is 59.8 Å². The van der Waals surface area contributed by atoms with Crippen LogP contribution in [0.2, 0.25) is 0 Å². The molecule has 0 atom stereocenters. The van der Waals surface area contributed by atoms with Crippen molar-refractivity contribution in [3.63, 3.8) is 0 Å². The maximum Gasteiger partial charge on any atom is 0.275 e. The van der Waals surface area contributed by atoms with Gasteiger partial charge in [-0.05, 0) is 24.4 Å². The number of rotatable bonds is 4.